The van der Waals surface area contributed by atoms with E-state index in [1.165, 1.54) is 21.0 Å². The fourth-order valence-corrected chi connectivity index (χ4v) is 3.92. The molecule has 0 fully saturated rings. The monoisotopic (exact) mass is 280 g/mol. The fraction of sp³-hybridized carbons (Fsp3) is 0.167. The van der Waals surface area contributed by atoms with Gasteiger partial charge in [0.2, 0.25) is 0 Å². The minimum Gasteiger partial charge on any atom is -0.235 e. The van der Waals surface area contributed by atoms with Crippen molar-refractivity contribution in [2.45, 2.75) is 13.3 Å². The molecule has 86 valence electrons. The Morgan fingerprint density at radius 2 is 2.06 bits per heavy atom. The minimum atomic E-state index is 0.540. The quantitative estimate of drug-likeness (QED) is 0.639. The van der Waals surface area contributed by atoms with Crippen LogP contribution in [0, 0.1) is 0 Å². The zero-order valence-corrected chi connectivity index (χ0v) is 11.5. The average molecular weight is 281 g/mol. The lowest BCUT2D eigenvalue weighted by atomic mass is 10.3. The molecule has 0 saturated heterocycles. The molecule has 0 radical (unpaired) electrons. The van der Waals surface area contributed by atoms with Crippen molar-refractivity contribution in [2.24, 2.45) is 0 Å². The summed E-state index contributed by atoms with van der Waals surface area (Å²) in [5, 5.41) is 0.540. The summed E-state index contributed by atoms with van der Waals surface area (Å²) in [6.45, 7) is 2.17. The number of hydrogen-bond acceptors (Lipinski definition) is 4. The lowest BCUT2D eigenvalue weighted by Crippen LogP contribution is -1.76. The van der Waals surface area contributed by atoms with E-state index in [-0.39, 0.29) is 0 Å². The van der Waals surface area contributed by atoms with Crippen LogP contribution in [0.25, 0.3) is 20.0 Å². The molecule has 0 saturated carbocycles. The summed E-state index contributed by atoms with van der Waals surface area (Å²) >= 11 is 9.53. The van der Waals surface area contributed by atoms with Crippen molar-refractivity contribution in [1.82, 2.24) is 9.97 Å². The van der Waals surface area contributed by atoms with E-state index in [0.717, 1.165) is 16.6 Å². The third kappa shape index (κ3) is 1.97. The van der Waals surface area contributed by atoms with Gasteiger partial charge in [0.15, 0.2) is 0 Å². The number of rotatable bonds is 2. The van der Waals surface area contributed by atoms with E-state index < -0.39 is 0 Å². The molecule has 5 heteroatoms. The Kier molecular flexibility index (Phi) is 2.86. The molecular formula is C12H9ClN2S2. The Labute approximate surface area is 112 Å². The zero-order chi connectivity index (χ0) is 11.8. The summed E-state index contributed by atoms with van der Waals surface area (Å²) in [6, 6.07) is 6.42. The molecule has 0 spiro atoms. The number of halogens is 1. The Hall–Kier alpha value is -0.970. The second-order valence-corrected chi connectivity index (χ2v) is 6.19. The minimum absolute atomic E-state index is 0.540. The van der Waals surface area contributed by atoms with Gasteiger partial charge in [-0.15, -0.1) is 22.7 Å². The first-order valence-corrected chi connectivity index (χ1v) is 7.28. The average Bonchev–Trinajstić information content (AvgIpc) is 2.95. The second-order valence-electron chi connectivity index (χ2n) is 3.61. The topological polar surface area (TPSA) is 25.8 Å². The van der Waals surface area contributed by atoms with E-state index in [2.05, 4.69) is 35.1 Å². The molecule has 0 atom stereocenters. The molecule has 17 heavy (non-hydrogen) atoms. The summed E-state index contributed by atoms with van der Waals surface area (Å²) in [4.78, 5) is 12.1. The van der Waals surface area contributed by atoms with Crippen molar-refractivity contribution in [1.29, 1.82) is 0 Å². The van der Waals surface area contributed by atoms with Crippen LogP contribution < -0.4 is 0 Å². The molecule has 0 aliphatic heterocycles. The first-order chi connectivity index (χ1) is 8.28. The van der Waals surface area contributed by atoms with E-state index in [9.17, 15) is 0 Å². The van der Waals surface area contributed by atoms with Gasteiger partial charge in [0.05, 0.1) is 10.2 Å². The molecule has 0 aromatic carbocycles. The molecule has 0 unspecified atom stereocenters. The van der Waals surface area contributed by atoms with Gasteiger partial charge < -0.3 is 0 Å². The molecular weight excluding hydrogens is 272 g/mol. The zero-order valence-electron chi connectivity index (χ0n) is 9.11. The number of hydrogen-bond donors (Lipinski definition) is 0. The first kappa shape index (κ1) is 11.1. The van der Waals surface area contributed by atoms with Gasteiger partial charge in [0, 0.05) is 14.6 Å². The van der Waals surface area contributed by atoms with Gasteiger partial charge in [0.25, 0.3) is 0 Å². The van der Waals surface area contributed by atoms with Crippen molar-refractivity contribution in [3.63, 3.8) is 0 Å². The molecule has 3 aromatic heterocycles. The van der Waals surface area contributed by atoms with Crippen LogP contribution in [0.5, 0.6) is 0 Å². The summed E-state index contributed by atoms with van der Waals surface area (Å²) in [5.74, 6) is 0. The number of thiophene rings is 2. The molecule has 3 heterocycles. The number of fused-ring (bicyclic) bond motifs is 1. The van der Waals surface area contributed by atoms with E-state index in [4.69, 9.17) is 11.6 Å². The van der Waals surface area contributed by atoms with E-state index in [1.807, 2.05) is 11.3 Å². The predicted molar refractivity (Wildman–Crippen MR) is 75.1 cm³/mol. The molecule has 3 rings (SSSR count). The highest BCUT2D eigenvalue weighted by Gasteiger charge is 2.10. The number of aromatic nitrogens is 2. The number of aryl methyl sites for hydroxylation is 1. The highest BCUT2D eigenvalue weighted by molar-refractivity contribution is 7.26. The normalized spacial score (nSPS) is 11.2. The van der Waals surface area contributed by atoms with Gasteiger partial charge in [-0.05, 0) is 24.6 Å². The van der Waals surface area contributed by atoms with Gasteiger partial charge in [-0.2, -0.15) is 0 Å². The lowest BCUT2D eigenvalue weighted by Gasteiger charge is -1.88. The van der Waals surface area contributed by atoms with Crippen LogP contribution in [-0.4, -0.2) is 9.97 Å². The Balaban J connectivity index is 2.14. The highest BCUT2D eigenvalue weighted by Crippen LogP contribution is 2.38. The van der Waals surface area contributed by atoms with E-state index >= 15 is 0 Å². The van der Waals surface area contributed by atoms with Crippen molar-refractivity contribution in [2.75, 3.05) is 0 Å². The Bertz CT molecular complexity index is 672. The molecule has 0 N–H and O–H groups in total. The lowest BCUT2D eigenvalue weighted by molar-refractivity contribution is 1.19. The van der Waals surface area contributed by atoms with Gasteiger partial charge >= 0.3 is 0 Å². The first-order valence-electron chi connectivity index (χ1n) is 5.27. The molecule has 0 aliphatic carbocycles. The maximum absolute atomic E-state index is 6.05. The largest absolute Gasteiger partial charge is 0.235 e. The maximum atomic E-state index is 6.05. The van der Waals surface area contributed by atoms with Crippen LogP contribution in [0.3, 0.4) is 0 Å². The van der Waals surface area contributed by atoms with E-state index in [0.29, 0.717) is 5.15 Å². The summed E-state index contributed by atoms with van der Waals surface area (Å²) in [5.41, 5.74) is 0.927. The van der Waals surface area contributed by atoms with Crippen LogP contribution in [0.4, 0.5) is 0 Å². The van der Waals surface area contributed by atoms with Crippen LogP contribution in [0.15, 0.2) is 24.5 Å². The van der Waals surface area contributed by atoms with Crippen LogP contribution in [-0.2, 0) is 6.42 Å². The third-order valence-electron chi connectivity index (χ3n) is 2.52. The molecule has 2 nitrogen and oxygen atoms in total. The molecule has 3 aromatic rings. The SMILES string of the molecule is CCc1ccc(-c2cc3ncnc(Cl)c3s2)s1. The predicted octanol–water partition coefficient (Wildman–Crippen LogP) is 4.64. The van der Waals surface area contributed by atoms with Crippen molar-refractivity contribution >= 4 is 44.5 Å². The van der Waals surface area contributed by atoms with Gasteiger partial charge in [-0.1, -0.05) is 18.5 Å². The van der Waals surface area contributed by atoms with Crippen molar-refractivity contribution < 1.29 is 0 Å². The number of nitrogens with zero attached hydrogens (tertiary/aromatic N) is 2. The van der Waals surface area contributed by atoms with Gasteiger partial charge in [-0.3, -0.25) is 0 Å². The van der Waals surface area contributed by atoms with Crippen LogP contribution >= 0.6 is 34.3 Å². The molecule has 0 bridgehead atoms. The van der Waals surface area contributed by atoms with Gasteiger partial charge in [-0.25, -0.2) is 9.97 Å². The fourth-order valence-electron chi connectivity index (χ4n) is 1.65. The Morgan fingerprint density at radius 1 is 1.18 bits per heavy atom. The van der Waals surface area contributed by atoms with E-state index in [1.54, 1.807) is 11.3 Å². The summed E-state index contributed by atoms with van der Waals surface area (Å²) in [6.07, 6.45) is 2.59. The highest BCUT2D eigenvalue weighted by atomic mass is 35.5. The molecule has 0 amide bonds. The Morgan fingerprint density at radius 3 is 2.76 bits per heavy atom. The van der Waals surface area contributed by atoms with Crippen molar-refractivity contribution in [3.8, 4) is 9.75 Å². The summed E-state index contributed by atoms with van der Waals surface area (Å²) in [7, 11) is 0. The van der Waals surface area contributed by atoms with Crippen LogP contribution in [0.2, 0.25) is 5.15 Å². The maximum Gasteiger partial charge on any atom is 0.150 e. The third-order valence-corrected chi connectivity index (χ3v) is 5.48. The van der Waals surface area contributed by atoms with Gasteiger partial charge in [0.1, 0.15) is 11.5 Å². The van der Waals surface area contributed by atoms with Crippen molar-refractivity contribution in [3.05, 3.63) is 34.6 Å². The summed E-state index contributed by atoms with van der Waals surface area (Å²) < 4.78 is 0.968. The molecule has 0 aliphatic rings. The standard InChI is InChI=1S/C12H9ClN2S2/c1-2-7-3-4-9(16-7)10-5-8-11(17-10)12(13)15-6-14-8/h3-6H,2H2,1H3. The van der Waals surface area contributed by atoms with Crippen LogP contribution in [0.1, 0.15) is 11.8 Å². The smallest absolute Gasteiger partial charge is 0.150 e. The second kappa shape index (κ2) is 4.37.